The Morgan fingerprint density at radius 3 is 2.78 bits per heavy atom. The van der Waals surface area contributed by atoms with Crippen molar-refractivity contribution in [2.24, 2.45) is 0 Å². The van der Waals surface area contributed by atoms with Gasteiger partial charge in [0, 0.05) is 12.0 Å². The summed E-state index contributed by atoms with van der Waals surface area (Å²) in [6.45, 7) is 3.97. The van der Waals surface area contributed by atoms with E-state index in [4.69, 9.17) is 9.47 Å². The Kier molecular flexibility index (Phi) is 5.49. The number of Topliss-reactive ketones (excluding diaryl/α,β-unsaturated/α-hetero) is 1. The van der Waals surface area contributed by atoms with Gasteiger partial charge in [-0.2, -0.15) is 0 Å². The number of aryl methyl sites for hydroxylation is 1. The van der Waals surface area contributed by atoms with E-state index in [0.717, 1.165) is 27.1 Å². The molecule has 1 amide bonds. The molecule has 2 aliphatic rings. The maximum Gasteiger partial charge on any atom is 0.301 e. The number of carbonyl (C=O) groups excluding carboxylic acids is 2. The molecule has 1 N–H and O–H groups in total. The van der Waals surface area contributed by atoms with Crippen molar-refractivity contribution in [3.63, 3.8) is 0 Å². The number of carbonyl (C=O) groups is 2. The summed E-state index contributed by atoms with van der Waals surface area (Å²) < 4.78 is 12.1. The third-order valence-corrected chi connectivity index (χ3v) is 7.78. The molecule has 37 heavy (non-hydrogen) atoms. The van der Waals surface area contributed by atoms with Crippen LogP contribution in [0.3, 0.4) is 0 Å². The van der Waals surface area contributed by atoms with Crippen molar-refractivity contribution in [1.29, 1.82) is 0 Å². The van der Waals surface area contributed by atoms with Crippen LogP contribution in [-0.4, -0.2) is 35.0 Å². The minimum absolute atomic E-state index is 0.0144. The van der Waals surface area contributed by atoms with Crippen LogP contribution in [0.4, 0.5) is 5.13 Å². The Morgan fingerprint density at radius 2 is 1.97 bits per heavy atom. The number of hydrogen-bond acceptors (Lipinski definition) is 7. The van der Waals surface area contributed by atoms with Gasteiger partial charge in [0.25, 0.3) is 5.78 Å². The number of aliphatic hydroxyl groups is 1. The summed E-state index contributed by atoms with van der Waals surface area (Å²) in [7, 11) is 1.56. The molecule has 6 rings (SSSR count). The molecule has 0 radical (unpaired) electrons. The quantitative estimate of drug-likeness (QED) is 0.219. The first kappa shape index (κ1) is 23.2. The average Bonchev–Trinajstić information content (AvgIpc) is 3.55. The van der Waals surface area contributed by atoms with Gasteiger partial charge in [-0.3, -0.25) is 14.5 Å². The number of ketones is 1. The van der Waals surface area contributed by atoms with Crippen LogP contribution in [0.25, 0.3) is 16.0 Å². The number of aliphatic hydroxyl groups excluding tert-OH is 1. The fourth-order valence-electron chi connectivity index (χ4n) is 5.00. The summed E-state index contributed by atoms with van der Waals surface area (Å²) in [6.07, 6.45) is 0.743. The molecule has 3 aromatic carbocycles. The molecule has 0 aliphatic carbocycles. The zero-order valence-electron chi connectivity index (χ0n) is 20.5. The van der Waals surface area contributed by atoms with Crippen molar-refractivity contribution < 1.29 is 24.2 Å². The third kappa shape index (κ3) is 3.84. The van der Waals surface area contributed by atoms with Gasteiger partial charge in [0.15, 0.2) is 5.13 Å². The number of thiazole rings is 1. The van der Waals surface area contributed by atoms with Gasteiger partial charge in [-0.25, -0.2) is 4.98 Å². The van der Waals surface area contributed by atoms with E-state index in [-0.39, 0.29) is 17.4 Å². The molecule has 1 aromatic heterocycles. The average molecular weight is 513 g/mol. The van der Waals surface area contributed by atoms with Crippen LogP contribution in [0.2, 0.25) is 0 Å². The van der Waals surface area contributed by atoms with Crippen molar-refractivity contribution in [2.75, 3.05) is 12.0 Å². The fourth-order valence-corrected chi connectivity index (χ4v) is 6.09. The third-order valence-electron chi connectivity index (χ3n) is 6.76. The van der Waals surface area contributed by atoms with Crippen LogP contribution in [0.5, 0.6) is 11.5 Å². The highest BCUT2D eigenvalue weighted by molar-refractivity contribution is 7.22. The molecule has 7 nitrogen and oxygen atoms in total. The number of methoxy groups -OCH3 is 1. The van der Waals surface area contributed by atoms with Crippen LogP contribution in [0.1, 0.15) is 35.2 Å². The molecule has 186 valence electrons. The Hall–Kier alpha value is -4.17. The number of fused-ring (bicyclic) bond motifs is 2. The predicted octanol–water partition coefficient (Wildman–Crippen LogP) is 5.56. The molecule has 2 atom stereocenters. The molecule has 2 aliphatic heterocycles. The molecule has 1 fully saturated rings. The first-order valence-corrected chi connectivity index (χ1v) is 12.8. The van der Waals surface area contributed by atoms with Crippen molar-refractivity contribution in [3.05, 3.63) is 88.5 Å². The minimum atomic E-state index is -0.875. The molecule has 0 saturated carbocycles. The number of aromatic nitrogens is 1. The first-order chi connectivity index (χ1) is 17.8. The number of benzene rings is 3. The predicted molar refractivity (Wildman–Crippen MR) is 142 cm³/mol. The summed E-state index contributed by atoms with van der Waals surface area (Å²) in [6, 6.07) is 17.5. The topological polar surface area (TPSA) is 89.0 Å². The van der Waals surface area contributed by atoms with E-state index in [1.807, 2.05) is 44.2 Å². The molecular weight excluding hydrogens is 488 g/mol. The molecule has 4 aromatic rings. The summed E-state index contributed by atoms with van der Waals surface area (Å²) in [5, 5.41) is 11.9. The maximum absolute atomic E-state index is 13.5. The van der Waals surface area contributed by atoms with Gasteiger partial charge in [-0.05, 0) is 73.0 Å². The zero-order valence-corrected chi connectivity index (χ0v) is 21.3. The van der Waals surface area contributed by atoms with Crippen molar-refractivity contribution in [2.45, 2.75) is 32.4 Å². The highest BCUT2D eigenvalue weighted by atomic mass is 32.1. The number of ether oxygens (including phenoxy) is 2. The van der Waals surface area contributed by atoms with Crippen LogP contribution in [0.15, 0.2) is 66.2 Å². The fraction of sp³-hybridized carbons (Fsp3) is 0.207. The van der Waals surface area contributed by atoms with E-state index < -0.39 is 17.7 Å². The van der Waals surface area contributed by atoms with Gasteiger partial charge < -0.3 is 14.6 Å². The molecule has 0 bridgehead atoms. The lowest BCUT2D eigenvalue weighted by Crippen LogP contribution is -2.29. The lowest BCUT2D eigenvalue weighted by molar-refractivity contribution is -0.132. The van der Waals surface area contributed by atoms with Crippen molar-refractivity contribution >= 4 is 44.1 Å². The van der Waals surface area contributed by atoms with E-state index in [1.165, 1.54) is 16.2 Å². The van der Waals surface area contributed by atoms with Gasteiger partial charge in [-0.15, -0.1) is 0 Å². The van der Waals surface area contributed by atoms with Crippen LogP contribution < -0.4 is 14.4 Å². The van der Waals surface area contributed by atoms with Gasteiger partial charge >= 0.3 is 5.91 Å². The molecule has 0 spiro atoms. The summed E-state index contributed by atoms with van der Waals surface area (Å²) in [4.78, 5) is 33.1. The van der Waals surface area contributed by atoms with Gasteiger partial charge in [-0.1, -0.05) is 29.5 Å². The normalized spacial score (nSPS) is 20.4. The number of hydrogen-bond donors (Lipinski definition) is 1. The van der Waals surface area contributed by atoms with Crippen molar-refractivity contribution in [3.8, 4) is 11.5 Å². The zero-order chi connectivity index (χ0) is 25.8. The van der Waals surface area contributed by atoms with Crippen LogP contribution in [-0.2, 0) is 16.0 Å². The monoisotopic (exact) mass is 512 g/mol. The summed E-state index contributed by atoms with van der Waals surface area (Å²) in [5.41, 5.74) is 3.87. The van der Waals surface area contributed by atoms with Crippen LogP contribution >= 0.6 is 11.3 Å². The number of anilines is 1. The second-order valence-electron chi connectivity index (χ2n) is 9.37. The van der Waals surface area contributed by atoms with E-state index in [9.17, 15) is 14.7 Å². The van der Waals surface area contributed by atoms with Gasteiger partial charge in [0.2, 0.25) is 0 Å². The Bertz CT molecular complexity index is 1620. The largest absolute Gasteiger partial charge is 0.507 e. The van der Waals surface area contributed by atoms with Gasteiger partial charge in [0.05, 0.1) is 28.9 Å². The van der Waals surface area contributed by atoms with E-state index in [2.05, 4.69) is 4.98 Å². The van der Waals surface area contributed by atoms with Crippen molar-refractivity contribution in [1.82, 2.24) is 4.98 Å². The smallest absolute Gasteiger partial charge is 0.301 e. The van der Waals surface area contributed by atoms with E-state index >= 15 is 0 Å². The number of nitrogens with zero attached hydrogens (tertiary/aromatic N) is 2. The summed E-state index contributed by atoms with van der Waals surface area (Å²) in [5.74, 6) is -0.382. The van der Waals surface area contributed by atoms with E-state index in [1.54, 1.807) is 37.4 Å². The number of rotatable bonds is 4. The Morgan fingerprint density at radius 1 is 1.14 bits per heavy atom. The highest BCUT2D eigenvalue weighted by Gasteiger charge is 2.48. The highest BCUT2D eigenvalue weighted by Crippen LogP contribution is 2.45. The molecule has 8 heteroatoms. The lowest BCUT2D eigenvalue weighted by Gasteiger charge is -2.23. The standard InChI is InChI=1S/C29H24N2O5S/c1-15-7-9-21-23(11-15)37-29(30-21)31-25(17-5-4-6-20(14-17)35-3)24(27(33)28(31)34)26(32)18-8-10-22-19(13-18)12-16(2)36-22/h4-11,13-14,16,25,32H,12H2,1-3H3/t16-,25+/m0/s1. The lowest BCUT2D eigenvalue weighted by atomic mass is 9.94. The first-order valence-electron chi connectivity index (χ1n) is 12.0. The molecule has 0 unspecified atom stereocenters. The minimum Gasteiger partial charge on any atom is -0.507 e. The number of amides is 1. The Balaban J connectivity index is 1.54. The second kappa shape index (κ2) is 8.74. The summed E-state index contributed by atoms with van der Waals surface area (Å²) >= 11 is 1.34. The molecule has 3 heterocycles. The SMILES string of the molecule is COc1cccc([C@@H]2C(=C(O)c3ccc4c(c3)C[C@H](C)O4)C(=O)C(=O)N2c2nc3ccc(C)cc3s2)c1. The van der Waals surface area contributed by atoms with Gasteiger partial charge in [0.1, 0.15) is 23.4 Å². The second-order valence-corrected chi connectivity index (χ2v) is 10.4. The molecular formula is C29H24N2O5S. The Labute approximate surface area is 217 Å². The van der Waals surface area contributed by atoms with Crippen LogP contribution in [0, 0.1) is 6.92 Å². The molecule has 1 saturated heterocycles. The van der Waals surface area contributed by atoms with E-state index in [0.29, 0.717) is 28.4 Å². The maximum atomic E-state index is 13.5.